The van der Waals surface area contributed by atoms with Crippen LogP contribution in [0, 0.1) is 0 Å². The molecule has 0 bridgehead atoms. The van der Waals surface area contributed by atoms with Crippen molar-refractivity contribution in [3.05, 3.63) is 11.8 Å². The number of carbonyl (C=O) groups excluding carboxylic acids is 2. The summed E-state index contributed by atoms with van der Waals surface area (Å²) in [7, 11) is 1.57. The quantitative estimate of drug-likeness (QED) is 0.504. The van der Waals surface area contributed by atoms with Crippen LogP contribution in [0.3, 0.4) is 0 Å². The second-order valence-corrected chi connectivity index (χ2v) is 6.97. The minimum Gasteiger partial charge on any atom is -0.466 e. The third kappa shape index (κ3) is 5.03. The van der Waals surface area contributed by atoms with E-state index in [0.717, 1.165) is 0 Å². The smallest absolute Gasteiger partial charge is 0.307 e. The molecule has 0 radical (unpaired) electrons. The van der Waals surface area contributed by atoms with E-state index in [1.807, 2.05) is 13.8 Å². The van der Waals surface area contributed by atoms with E-state index in [1.165, 1.54) is 13.0 Å². The van der Waals surface area contributed by atoms with Gasteiger partial charge in [0, 0.05) is 12.8 Å². The molecule has 8 nitrogen and oxygen atoms in total. The Labute approximate surface area is 154 Å². The average molecular weight is 371 g/mol. The van der Waals surface area contributed by atoms with Gasteiger partial charge in [-0.2, -0.15) is 0 Å². The van der Waals surface area contributed by atoms with Gasteiger partial charge in [0.25, 0.3) is 0 Å². The number of fused-ring (bicyclic) bond motifs is 1. The highest BCUT2D eigenvalue weighted by Crippen LogP contribution is 2.39. The van der Waals surface area contributed by atoms with Crippen molar-refractivity contribution in [3.8, 4) is 0 Å². The molecule has 8 heteroatoms. The summed E-state index contributed by atoms with van der Waals surface area (Å²) in [5.74, 6) is -1.21. The summed E-state index contributed by atoms with van der Waals surface area (Å²) in [6, 6.07) is -0.462. The average Bonchev–Trinajstić information content (AvgIpc) is 2.97. The number of ether oxygens (including phenoxy) is 5. The zero-order chi connectivity index (χ0) is 19.5. The van der Waals surface area contributed by atoms with Crippen molar-refractivity contribution in [2.75, 3.05) is 13.7 Å². The lowest BCUT2D eigenvalue weighted by atomic mass is 10.00. The first-order valence-corrected chi connectivity index (χ1v) is 8.81. The number of hydrogen-bond donors (Lipinski definition) is 1. The van der Waals surface area contributed by atoms with Crippen molar-refractivity contribution in [1.29, 1.82) is 0 Å². The van der Waals surface area contributed by atoms with Crippen LogP contribution in [-0.4, -0.2) is 61.9 Å². The second kappa shape index (κ2) is 8.47. The number of nitrogens with one attached hydrogen (secondary N) is 1. The Morgan fingerprint density at radius 3 is 2.54 bits per heavy atom. The van der Waals surface area contributed by atoms with Crippen LogP contribution in [-0.2, 0) is 33.3 Å². The fraction of sp³-hybridized carbons (Fsp3) is 0.778. The number of methoxy groups -OCH3 is 1. The molecule has 2 aliphatic rings. The Morgan fingerprint density at radius 2 is 1.96 bits per heavy atom. The van der Waals surface area contributed by atoms with Crippen molar-refractivity contribution >= 4 is 11.8 Å². The monoisotopic (exact) mass is 371 g/mol. The first-order chi connectivity index (χ1) is 12.2. The van der Waals surface area contributed by atoms with E-state index in [1.54, 1.807) is 21.0 Å². The van der Waals surface area contributed by atoms with E-state index >= 15 is 0 Å². The van der Waals surface area contributed by atoms with Gasteiger partial charge < -0.3 is 29.0 Å². The highest BCUT2D eigenvalue weighted by Gasteiger charge is 2.57. The summed E-state index contributed by atoms with van der Waals surface area (Å²) in [5, 5.41) is 3.18. The van der Waals surface area contributed by atoms with Crippen molar-refractivity contribution in [3.63, 3.8) is 0 Å². The van der Waals surface area contributed by atoms with Crippen molar-refractivity contribution < 1.29 is 33.3 Å². The van der Waals surface area contributed by atoms with E-state index in [2.05, 4.69) is 5.32 Å². The van der Waals surface area contributed by atoms with Crippen LogP contribution in [0.4, 0.5) is 0 Å². The Kier molecular flexibility index (Phi) is 6.79. The fourth-order valence-corrected chi connectivity index (χ4v) is 3.38. The van der Waals surface area contributed by atoms with Crippen molar-refractivity contribution in [2.45, 2.75) is 77.5 Å². The number of esters is 1. The Bertz CT molecular complexity index is 560. The van der Waals surface area contributed by atoms with Crippen LogP contribution in [0.25, 0.3) is 0 Å². The molecule has 2 aliphatic heterocycles. The highest BCUT2D eigenvalue weighted by molar-refractivity contribution is 5.87. The third-order valence-corrected chi connectivity index (χ3v) is 4.22. The summed E-state index contributed by atoms with van der Waals surface area (Å²) < 4.78 is 28.4. The molecule has 0 aromatic carbocycles. The summed E-state index contributed by atoms with van der Waals surface area (Å²) in [4.78, 5) is 23.4. The molecule has 0 aromatic heterocycles. The van der Waals surface area contributed by atoms with Gasteiger partial charge in [0.15, 0.2) is 17.9 Å². The predicted molar refractivity (Wildman–Crippen MR) is 92.1 cm³/mol. The first-order valence-electron chi connectivity index (χ1n) is 8.81. The van der Waals surface area contributed by atoms with Gasteiger partial charge in [0.2, 0.25) is 0 Å². The molecule has 5 atom stereocenters. The molecule has 0 aromatic rings. The molecular formula is C18H29NO7. The van der Waals surface area contributed by atoms with Crippen LogP contribution in [0.1, 0.15) is 41.0 Å². The van der Waals surface area contributed by atoms with E-state index in [4.69, 9.17) is 23.7 Å². The molecule has 26 heavy (non-hydrogen) atoms. The maximum atomic E-state index is 12.1. The maximum Gasteiger partial charge on any atom is 0.307 e. The second-order valence-electron chi connectivity index (χ2n) is 6.97. The molecule has 0 aliphatic carbocycles. The third-order valence-electron chi connectivity index (χ3n) is 4.22. The lowest BCUT2D eigenvalue weighted by Gasteiger charge is -2.31. The van der Waals surface area contributed by atoms with Gasteiger partial charge in [-0.05, 0) is 40.7 Å². The van der Waals surface area contributed by atoms with Crippen LogP contribution in [0.5, 0.6) is 0 Å². The molecule has 148 valence electrons. The Morgan fingerprint density at radius 1 is 1.27 bits per heavy atom. The number of ketones is 1. The molecule has 2 fully saturated rings. The SMILES string of the molecule is CCOC(=O)CC(N/C(C)=C/C(C)=O)C1O[C@@H]2OC(C)(C)O[C@@H]2[C@H]1OC. The minimum atomic E-state index is -0.758. The number of allylic oxidation sites excluding steroid dienone is 2. The summed E-state index contributed by atoms with van der Waals surface area (Å²) >= 11 is 0. The first kappa shape index (κ1) is 20.8. The van der Waals surface area contributed by atoms with Gasteiger partial charge in [-0.15, -0.1) is 0 Å². The van der Waals surface area contributed by atoms with Crippen LogP contribution < -0.4 is 5.32 Å². The zero-order valence-electron chi connectivity index (χ0n) is 16.2. The number of carbonyl (C=O) groups is 2. The minimum absolute atomic E-state index is 0.0598. The van der Waals surface area contributed by atoms with Crippen molar-refractivity contribution in [2.24, 2.45) is 0 Å². The molecule has 2 unspecified atom stereocenters. The van der Waals surface area contributed by atoms with Gasteiger partial charge in [0.1, 0.15) is 18.3 Å². The van der Waals surface area contributed by atoms with Crippen molar-refractivity contribution in [1.82, 2.24) is 5.32 Å². The molecule has 0 spiro atoms. The molecule has 0 amide bonds. The van der Waals surface area contributed by atoms with Crippen LogP contribution >= 0.6 is 0 Å². The molecular weight excluding hydrogens is 342 g/mol. The lowest BCUT2D eigenvalue weighted by Crippen LogP contribution is -2.49. The largest absolute Gasteiger partial charge is 0.466 e. The summed E-state index contributed by atoms with van der Waals surface area (Å²) in [5.41, 5.74) is 0.629. The van der Waals surface area contributed by atoms with E-state index in [9.17, 15) is 9.59 Å². The van der Waals surface area contributed by atoms with Gasteiger partial charge in [0.05, 0.1) is 19.1 Å². The number of rotatable bonds is 8. The Hall–Kier alpha value is -1.48. The predicted octanol–water partition coefficient (Wildman–Crippen LogP) is 1.28. The molecule has 0 saturated carbocycles. The molecule has 2 heterocycles. The van der Waals surface area contributed by atoms with Gasteiger partial charge >= 0.3 is 5.97 Å². The van der Waals surface area contributed by atoms with Gasteiger partial charge in [-0.25, -0.2) is 0 Å². The topological polar surface area (TPSA) is 92.3 Å². The molecule has 1 N–H and O–H groups in total. The zero-order valence-corrected chi connectivity index (χ0v) is 16.2. The van der Waals surface area contributed by atoms with E-state index in [-0.39, 0.29) is 18.2 Å². The highest BCUT2D eigenvalue weighted by atomic mass is 16.8. The lowest BCUT2D eigenvalue weighted by molar-refractivity contribution is -0.220. The molecule has 2 saturated heterocycles. The molecule has 2 rings (SSSR count). The summed E-state index contributed by atoms with van der Waals surface area (Å²) in [6.07, 6.45) is -0.396. The van der Waals surface area contributed by atoms with Gasteiger partial charge in [-0.3, -0.25) is 9.59 Å². The normalized spacial score (nSPS) is 31.4. The van der Waals surface area contributed by atoms with Gasteiger partial charge in [-0.1, -0.05) is 0 Å². The van der Waals surface area contributed by atoms with Crippen LogP contribution in [0.15, 0.2) is 11.8 Å². The van der Waals surface area contributed by atoms with E-state index < -0.39 is 36.4 Å². The van der Waals surface area contributed by atoms with Crippen LogP contribution in [0.2, 0.25) is 0 Å². The maximum absolute atomic E-state index is 12.1. The fourth-order valence-electron chi connectivity index (χ4n) is 3.38. The summed E-state index contributed by atoms with van der Waals surface area (Å²) in [6.45, 7) is 8.88. The van der Waals surface area contributed by atoms with E-state index in [0.29, 0.717) is 12.3 Å². The Balaban J connectivity index is 2.18. The standard InChI is InChI=1S/C18H29NO7/c1-7-23-13(21)9-12(19-10(2)8-11(3)20)14-15(22-6)16-17(24-14)26-18(4,5)25-16/h8,12,14-17,19H,7,9H2,1-6H3/b10-8+/t12?,14?,15-,16+,17+/m0/s1. The number of hydrogen-bond acceptors (Lipinski definition) is 8.